The van der Waals surface area contributed by atoms with Gasteiger partial charge in [0.1, 0.15) is 0 Å². The molecule has 1 aliphatic rings. The molecule has 1 aromatic carbocycles. The fourth-order valence-electron chi connectivity index (χ4n) is 4.64. The number of aliphatic carboxylic acids is 2. The third-order valence-corrected chi connectivity index (χ3v) is 5.83. The van der Waals surface area contributed by atoms with E-state index in [0.717, 1.165) is 18.4 Å². The van der Waals surface area contributed by atoms with Gasteiger partial charge in [-0.2, -0.15) is 0 Å². The topological polar surface area (TPSA) is 94.9 Å². The summed E-state index contributed by atoms with van der Waals surface area (Å²) in [5.74, 6) is -4.26. The highest BCUT2D eigenvalue weighted by atomic mass is 16.4. The molecule has 0 bridgehead atoms. The van der Waals surface area contributed by atoms with E-state index in [4.69, 9.17) is 0 Å². The van der Waals surface area contributed by atoms with E-state index < -0.39 is 40.8 Å². The van der Waals surface area contributed by atoms with Crippen LogP contribution < -0.4 is 0 Å². The number of nitrogens with zero attached hydrogens (tertiary/aromatic N) is 1. The number of amides is 1. The van der Waals surface area contributed by atoms with E-state index in [1.165, 1.54) is 11.8 Å². The quantitative estimate of drug-likeness (QED) is 0.679. The molecule has 2 rings (SSSR count). The molecule has 0 spiro atoms. The molecular formula is C23H31NO5. The highest BCUT2D eigenvalue weighted by Gasteiger charge is 2.63. The summed E-state index contributed by atoms with van der Waals surface area (Å²) in [6.07, 6.45) is 6.09. The van der Waals surface area contributed by atoms with Gasteiger partial charge in [0, 0.05) is 6.92 Å². The molecule has 0 saturated carbocycles. The standard InChI is InChI=1S/C23H31NO5/c1-16(25)24(18-13-9-6-10-14-18)23(21(28)29,22(2,3)4)19(20(26)27)15-17-11-7-5-8-12-17/h5,7-9,11-13,18-19H,6,10,14-15H2,1-4H3,(H,26,27)(H,28,29)/t18?,19?,23-/m0/s1. The Kier molecular flexibility index (Phi) is 6.88. The fourth-order valence-corrected chi connectivity index (χ4v) is 4.64. The van der Waals surface area contributed by atoms with Crippen molar-refractivity contribution < 1.29 is 24.6 Å². The van der Waals surface area contributed by atoms with Crippen molar-refractivity contribution in [3.05, 3.63) is 48.0 Å². The molecule has 1 aliphatic carbocycles. The lowest BCUT2D eigenvalue weighted by Crippen LogP contribution is -2.71. The predicted molar refractivity (Wildman–Crippen MR) is 110 cm³/mol. The van der Waals surface area contributed by atoms with Crippen LogP contribution in [0.2, 0.25) is 0 Å². The Balaban J connectivity index is 2.74. The van der Waals surface area contributed by atoms with Crippen LogP contribution in [0.1, 0.15) is 52.5 Å². The van der Waals surface area contributed by atoms with Gasteiger partial charge in [-0.15, -0.1) is 0 Å². The molecule has 6 nitrogen and oxygen atoms in total. The normalized spacial score (nSPS) is 19.8. The van der Waals surface area contributed by atoms with Gasteiger partial charge in [-0.05, 0) is 36.7 Å². The van der Waals surface area contributed by atoms with Crippen LogP contribution in [-0.4, -0.2) is 44.5 Å². The van der Waals surface area contributed by atoms with Crippen LogP contribution in [0.15, 0.2) is 42.5 Å². The van der Waals surface area contributed by atoms with Crippen molar-refractivity contribution >= 4 is 17.8 Å². The summed E-state index contributed by atoms with van der Waals surface area (Å²) in [6.45, 7) is 6.42. The van der Waals surface area contributed by atoms with E-state index >= 15 is 0 Å². The second-order valence-corrected chi connectivity index (χ2v) is 8.72. The molecule has 0 saturated heterocycles. The molecular weight excluding hydrogens is 370 g/mol. The maximum Gasteiger partial charge on any atom is 0.331 e. The number of hydrogen-bond donors (Lipinski definition) is 2. The number of carboxylic acids is 2. The van der Waals surface area contributed by atoms with Gasteiger partial charge in [0.2, 0.25) is 5.91 Å². The zero-order valence-corrected chi connectivity index (χ0v) is 17.6. The third kappa shape index (κ3) is 4.36. The van der Waals surface area contributed by atoms with Gasteiger partial charge in [0.05, 0.1) is 12.0 Å². The number of allylic oxidation sites excluding steroid dienone is 1. The predicted octanol–water partition coefficient (Wildman–Crippen LogP) is 3.76. The van der Waals surface area contributed by atoms with Crippen molar-refractivity contribution in [2.75, 3.05) is 0 Å². The molecule has 0 radical (unpaired) electrons. The lowest BCUT2D eigenvalue weighted by atomic mass is 9.62. The highest BCUT2D eigenvalue weighted by molar-refractivity contribution is 5.92. The first kappa shape index (κ1) is 22.7. The summed E-state index contributed by atoms with van der Waals surface area (Å²) in [5, 5.41) is 20.7. The van der Waals surface area contributed by atoms with Crippen LogP contribution in [0.3, 0.4) is 0 Å². The van der Waals surface area contributed by atoms with Crippen LogP contribution in [0.5, 0.6) is 0 Å². The van der Waals surface area contributed by atoms with Gasteiger partial charge in [-0.3, -0.25) is 9.59 Å². The van der Waals surface area contributed by atoms with Gasteiger partial charge in [-0.25, -0.2) is 4.79 Å². The first-order chi connectivity index (χ1) is 13.5. The molecule has 0 aromatic heterocycles. The van der Waals surface area contributed by atoms with E-state index in [1.54, 1.807) is 45.0 Å². The molecule has 3 atom stereocenters. The molecule has 158 valence electrons. The second-order valence-electron chi connectivity index (χ2n) is 8.72. The zero-order chi connectivity index (χ0) is 21.8. The summed E-state index contributed by atoms with van der Waals surface area (Å²) in [5.41, 5.74) is -2.24. The summed E-state index contributed by atoms with van der Waals surface area (Å²) < 4.78 is 0. The first-order valence-corrected chi connectivity index (χ1v) is 10.00. The monoisotopic (exact) mass is 401 g/mol. The first-order valence-electron chi connectivity index (χ1n) is 10.00. The third-order valence-electron chi connectivity index (χ3n) is 5.83. The molecule has 0 fully saturated rings. The molecule has 29 heavy (non-hydrogen) atoms. The molecule has 1 amide bonds. The fraction of sp³-hybridized carbons (Fsp3) is 0.522. The lowest BCUT2D eigenvalue weighted by Gasteiger charge is -2.54. The largest absolute Gasteiger partial charge is 0.481 e. The number of carbonyl (C=O) groups excluding carboxylic acids is 1. The maximum atomic E-state index is 12.9. The Morgan fingerprint density at radius 3 is 2.17 bits per heavy atom. The van der Waals surface area contributed by atoms with Gasteiger partial charge in [-0.1, -0.05) is 63.3 Å². The molecule has 6 heteroatoms. The SMILES string of the molecule is CC(=O)N(C1C=CCCC1)[C@](C(=O)O)(C(Cc1ccccc1)C(=O)O)C(C)(C)C. The van der Waals surface area contributed by atoms with Gasteiger partial charge < -0.3 is 15.1 Å². The number of benzene rings is 1. The van der Waals surface area contributed by atoms with Crippen molar-refractivity contribution in [1.29, 1.82) is 0 Å². The highest BCUT2D eigenvalue weighted by Crippen LogP contribution is 2.46. The molecule has 0 aliphatic heterocycles. The maximum absolute atomic E-state index is 12.9. The van der Waals surface area contributed by atoms with Crippen LogP contribution in [0.25, 0.3) is 0 Å². The number of rotatable bonds is 7. The van der Waals surface area contributed by atoms with E-state index in [9.17, 15) is 24.6 Å². The number of carbonyl (C=O) groups is 3. The Morgan fingerprint density at radius 2 is 1.76 bits per heavy atom. The minimum atomic E-state index is -1.92. The molecule has 1 aromatic rings. The lowest BCUT2D eigenvalue weighted by molar-refractivity contribution is -0.184. The van der Waals surface area contributed by atoms with E-state index in [1.807, 2.05) is 18.2 Å². The van der Waals surface area contributed by atoms with E-state index in [0.29, 0.717) is 6.42 Å². The summed E-state index contributed by atoms with van der Waals surface area (Å²) in [6, 6.07) is 8.52. The Hall–Kier alpha value is -2.63. The Morgan fingerprint density at radius 1 is 1.14 bits per heavy atom. The smallest absolute Gasteiger partial charge is 0.331 e. The van der Waals surface area contributed by atoms with Crippen molar-refractivity contribution in [3.63, 3.8) is 0 Å². The molecule has 2 N–H and O–H groups in total. The average Bonchev–Trinajstić information content (AvgIpc) is 2.64. The van der Waals surface area contributed by atoms with Crippen molar-refractivity contribution in [3.8, 4) is 0 Å². The van der Waals surface area contributed by atoms with Crippen molar-refractivity contribution in [2.45, 2.75) is 65.0 Å². The van der Waals surface area contributed by atoms with Gasteiger partial charge in [0.15, 0.2) is 5.54 Å². The molecule has 2 unspecified atom stereocenters. The summed E-state index contributed by atoms with van der Waals surface area (Å²) >= 11 is 0. The minimum Gasteiger partial charge on any atom is -0.481 e. The average molecular weight is 402 g/mol. The van der Waals surface area contributed by atoms with Gasteiger partial charge >= 0.3 is 11.9 Å². The minimum absolute atomic E-state index is 0.0138. The molecule has 0 heterocycles. The van der Waals surface area contributed by atoms with Gasteiger partial charge in [0.25, 0.3) is 0 Å². The van der Waals surface area contributed by atoms with Crippen molar-refractivity contribution in [1.82, 2.24) is 4.90 Å². The van der Waals surface area contributed by atoms with Crippen LogP contribution in [0, 0.1) is 11.3 Å². The Labute approximate surface area is 172 Å². The zero-order valence-electron chi connectivity index (χ0n) is 17.6. The van der Waals surface area contributed by atoms with E-state index in [2.05, 4.69) is 0 Å². The van der Waals surface area contributed by atoms with Crippen LogP contribution >= 0.6 is 0 Å². The van der Waals surface area contributed by atoms with Crippen LogP contribution in [0.4, 0.5) is 0 Å². The summed E-state index contributed by atoms with van der Waals surface area (Å²) in [4.78, 5) is 39.6. The van der Waals surface area contributed by atoms with Crippen molar-refractivity contribution in [2.24, 2.45) is 11.3 Å². The number of carboxylic acid groups (broad SMARTS) is 2. The Bertz CT molecular complexity index is 780. The second kappa shape index (κ2) is 8.80. The summed E-state index contributed by atoms with van der Waals surface area (Å²) in [7, 11) is 0. The van der Waals surface area contributed by atoms with Crippen LogP contribution in [-0.2, 0) is 20.8 Å². The van der Waals surface area contributed by atoms with E-state index in [-0.39, 0.29) is 6.42 Å². The number of hydrogen-bond acceptors (Lipinski definition) is 3.